The SMILES string of the molecule is CCC(C)C(C(=O)O)C1=NC(S(C)(=O)=O)N(N)C(Oc2cc(OC)cc(C(=O)N(C)C)c2)=C1[N+](=O)[O-]. The second kappa shape index (κ2) is 10.9. The number of carboxylic acids is 1. The molecule has 1 amide bonds. The molecule has 15 heteroatoms. The zero-order valence-electron chi connectivity index (χ0n) is 20.7. The van der Waals surface area contributed by atoms with E-state index in [-0.39, 0.29) is 17.1 Å². The van der Waals surface area contributed by atoms with Crippen molar-refractivity contribution in [1.29, 1.82) is 0 Å². The van der Waals surface area contributed by atoms with Crippen LogP contribution in [0.15, 0.2) is 34.8 Å². The van der Waals surface area contributed by atoms with Crippen LogP contribution in [0.5, 0.6) is 11.5 Å². The van der Waals surface area contributed by atoms with Crippen molar-refractivity contribution in [2.24, 2.45) is 22.7 Å². The monoisotopic (exact) mass is 527 g/mol. The Hall–Kier alpha value is -3.72. The fraction of sp³-hybridized carbons (Fsp3) is 0.476. The average molecular weight is 528 g/mol. The van der Waals surface area contributed by atoms with Crippen molar-refractivity contribution in [2.75, 3.05) is 27.5 Å². The number of methoxy groups -OCH3 is 1. The van der Waals surface area contributed by atoms with Crippen LogP contribution in [0.3, 0.4) is 0 Å². The van der Waals surface area contributed by atoms with E-state index >= 15 is 0 Å². The van der Waals surface area contributed by atoms with Crippen molar-refractivity contribution in [3.05, 3.63) is 45.5 Å². The third-order valence-electron chi connectivity index (χ3n) is 5.49. The number of aliphatic imine (C=N–C) groups is 1. The summed E-state index contributed by atoms with van der Waals surface area (Å²) in [4.78, 5) is 41.0. The summed E-state index contributed by atoms with van der Waals surface area (Å²) < 4.78 is 35.8. The van der Waals surface area contributed by atoms with Gasteiger partial charge in [-0.3, -0.25) is 19.7 Å². The van der Waals surface area contributed by atoms with Crippen molar-refractivity contribution in [3.63, 3.8) is 0 Å². The first-order chi connectivity index (χ1) is 16.6. The minimum Gasteiger partial charge on any atom is -0.497 e. The van der Waals surface area contributed by atoms with Gasteiger partial charge in [0.15, 0.2) is 9.84 Å². The zero-order valence-corrected chi connectivity index (χ0v) is 21.5. The maximum Gasteiger partial charge on any atom is 0.352 e. The lowest BCUT2D eigenvalue weighted by atomic mass is 9.86. The fourth-order valence-electron chi connectivity index (χ4n) is 3.48. The number of hydrogen-bond donors (Lipinski definition) is 2. The van der Waals surface area contributed by atoms with Crippen LogP contribution in [-0.2, 0) is 14.6 Å². The number of carbonyl (C=O) groups is 2. The van der Waals surface area contributed by atoms with Crippen molar-refractivity contribution in [1.82, 2.24) is 9.91 Å². The van der Waals surface area contributed by atoms with Gasteiger partial charge in [-0.2, -0.15) is 0 Å². The number of hydrazine groups is 1. The predicted molar refractivity (Wildman–Crippen MR) is 128 cm³/mol. The molecule has 0 bridgehead atoms. The van der Waals surface area contributed by atoms with E-state index in [4.69, 9.17) is 15.3 Å². The van der Waals surface area contributed by atoms with Crippen LogP contribution in [-0.4, -0.2) is 78.9 Å². The summed E-state index contributed by atoms with van der Waals surface area (Å²) >= 11 is 0. The average Bonchev–Trinajstić information content (AvgIpc) is 2.78. The molecule has 0 fully saturated rings. The number of nitrogens with zero attached hydrogens (tertiary/aromatic N) is 4. The van der Waals surface area contributed by atoms with E-state index in [0.29, 0.717) is 11.4 Å². The summed E-state index contributed by atoms with van der Waals surface area (Å²) in [7, 11) is 0.232. The van der Waals surface area contributed by atoms with Gasteiger partial charge in [-0.1, -0.05) is 20.3 Å². The number of allylic oxidation sites excluding steroid dienone is 1. The molecule has 0 aromatic heterocycles. The fourth-order valence-corrected chi connectivity index (χ4v) is 4.30. The highest BCUT2D eigenvalue weighted by Gasteiger charge is 2.47. The maximum atomic E-state index is 12.5. The first kappa shape index (κ1) is 28.5. The number of sulfone groups is 1. The Morgan fingerprint density at radius 2 is 1.89 bits per heavy atom. The third-order valence-corrected chi connectivity index (χ3v) is 6.59. The molecule has 1 heterocycles. The number of nitro groups is 1. The van der Waals surface area contributed by atoms with Gasteiger partial charge in [0.05, 0.1) is 12.0 Å². The van der Waals surface area contributed by atoms with Gasteiger partial charge >= 0.3 is 11.7 Å². The number of nitrogens with two attached hydrogens (primary N) is 1. The number of benzene rings is 1. The van der Waals surface area contributed by atoms with Crippen molar-refractivity contribution in [3.8, 4) is 11.5 Å². The second-order valence-corrected chi connectivity index (χ2v) is 10.5. The molecule has 3 N–H and O–H groups in total. The van der Waals surface area contributed by atoms with Gasteiger partial charge < -0.3 is 19.5 Å². The van der Waals surface area contributed by atoms with E-state index in [2.05, 4.69) is 4.99 Å². The molecule has 0 spiro atoms. The van der Waals surface area contributed by atoms with Crippen molar-refractivity contribution >= 4 is 27.4 Å². The minimum atomic E-state index is -4.12. The normalized spacial score (nSPS) is 17.7. The molecule has 1 aromatic rings. The van der Waals surface area contributed by atoms with Gasteiger partial charge in [0.25, 0.3) is 11.8 Å². The van der Waals surface area contributed by atoms with Gasteiger partial charge in [-0.15, -0.1) is 0 Å². The van der Waals surface area contributed by atoms with Crippen LogP contribution in [0.25, 0.3) is 0 Å². The van der Waals surface area contributed by atoms with Crippen LogP contribution in [0.2, 0.25) is 0 Å². The third kappa shape index (κ3) is 5.91. The molecular weight excluding hydrogens is 498 g/mol. The van der Waals surface area contributed by atoms with Gasteiger partial charge in [0, 0.05) is 32.0 Å². The van der Waals surface area contributed by atoms with Gasteiger partial charge in [0.1, 0.15) is 23.1 Å². The van der Waals surface area contributed by atoms with Crippen LogP contribution < -0.4 is 15.3 Å². The first-order valence-electron chi connectivity index (χ1n) is 10.6. The molecule has 0 aliphatic carbocycles. The molecule has 1 aliphatic heterocycles. The number of rotatable bonds is 10. The van der Waals surface area contributed by atoms with E-state index in [1.54, 1.807) is 13.8 Å². The molecule has 0 saturated carbocycles. The van der Waals surface area contributed by atoms with E-state index in [1.807, 2.05) is 0 Å². The van der Waals surface area contributed by atoms with Crippen molar-refractivity contribution in [2.45, 2.75) is 25.8 Å². The van der Waals surface area contributed by atoms with Crippen LogP contribution in [0.4, 0.5) is 0 Å². The Morgan fingerprint density at radius 3 is 2.33 bits per heavy atom. The van der Waals surface area contributed by atoms with Crippen LogP contribution in [0.1, 0.15) is 30.6 Å². The number of amides is 1. The molecule has 0 radical (unpaired) electrons. The largest absolute Gasteiger partial charge is 0.497 e. The summed E-state index contributed by atoms with van der Waals surface area (Å²) in [6, 6.07) is 3.97. The standard InChI is InChI=1S/C21H29N5O9S/c1-7-11(2)15(20(28)29)16-17(26(30)31)19(25(22)21(23-16)36(6,32)33)35-14-9-12(18(27)24(3)4)8-13(10-14)34-5/h8-11,15,21H,7,22H2,1-6H3,(H,28,29). The molecular formula is C21H29N5O9S. The molecule has 36 heavy (non-hydrogen) atoms. The lowest BCUT2D eigenvalue weighted by Gasteiger charge is -2.32. The predicted octanol–water partition coefficient (Wildman–Crippen LogP) is 0.927. The Bertz CT molecular complexity index is 1230. The first-order valence-corrected chi connectivity index (χ1v) is 12.6. The van der Waals surface area contributed by atoms with Gasteiger partial charge in [0.2, 0.25) is 5.50 Å². The number of aliphatic carboxylic acids is 1. The zero-order chi connectivity index (χ0) is 27.5. The highest BCUT2D eigenvalue weighted by atomic mass is 32.2. The molecule has 1 aromatic carbocycles. The quantitative estimate of drug-likeness (QED) is 0.249. The summed E-state index contributed by atoms with van der Waals surface area (Å²) in [5.74, 6) is 1.17. The van der Waals surface area contributed by atoms with E-state index in [0.717, 1.165) is 6.26 Å². The lowest BCUT2D eigenvalue weighted by Crippen LogP contribution is -2.51. The Morgan fingerprint density at radius 1 is 1.31 bits per heavy atom. The van der Waals surface area contributed by atoms with E-state index < -0.39 is 61.3 Å². The summed E-state index contributed by atoms with van der Waals surface area (Å²) in [5.41, 5.74) is -3.30. The summed E-state index contributed by atoms with van der Waals surface area (Å²) in [6.45, 7) is 3.23. The van der Waals surface area contributed by atoms with Crippen LogP contribution in [0, 0.1) is 22.0 Å². The van der Waals surface area contributed by atoms with Crippen LogP contribution >= 0.6 is 0 Å². The number of ether oxygens (including phenoxy) is 2. The molecule has 2 rings (SSSR count). The number of carboxylic acid groups (broad SMARTS) is 1. The molecule has 3 unspecified atom stereocenters. The Kier molecular flexibility index (Phi) is 8.64. The van der Waals surface area contributed by atoms with Gasteiger partial charge in [-0.25, -0.2) is 24.3 Å². The highest BCUT2D eigenvalue weighted by Crippen LogP contribution is 2.33. The molecule has 0 saturated heterocycles. The minimum absolute atomic E-state index is 0.105. The number of hydrogen-bond acceptors (Lipinski definition) is 11. The molecule has 3 atom stereocenters. The Labute approximate surface area is 208 Å². The Balaban J connectivity index is 2.83. The maximum absolute atomic E-state index is 12.5. The highest BCUT2D eigenvalue weighted by molar-refractivity contribution is 7.91. The molecule has 1 aliphatic rings. The van der Waals surface area contributed by atoms with E-state index in [1.165, 1.54) is 44.3 Å². The topological polar surface area (TPSA) is 195 Å². The summed E-state index contributed by atoms with van der Waals surface area (Å²) in [6.07, 6.45) is 1.10. The molecule has 198 valence electrons. The smallest absolute Gasteiger partial charge is 0.352 e. The van der Waals surface area contributed by atoms with Gasteiger partial charge in [-0.05, 0) is 18.1 Å². The second-order valence-electron chi connectivity index (χ2n) is 8.39. The summed E-state index contributed by atoms with van der Waals surface area (Å²) in [5, 5.41) is 22.5. The van der Waals surface area contributed by atoms with Crippen molar-refractivity contribution < 1.29 is 37.5 Å². The number of carbonyl (C=O) groups excluding carboxylic acids is 1. The lowest BCUT2D eigenvalue weighted by molar-refractivity contribution is -0.420. The molecule has 14 nitrogen and oxygen atoms in total. The van der Waals surface area contributed by atoms with E-state index in [9.17, 15) is 33.2 Å².